The highest BCUT2D eigenvalue weighted by atomic mass is 14.5. The summed E-state index contributed by atoms with van der Waals surface area (Å²) in [6.45, 7) is 3.10. The van der Waals surface area contributed by atoms with Gasteiger partial charge < -0.3 is 5.73 Å². The quantitative estimate of drug-likeness (QED) is 0.824. The number of hydrogen-bond acceptors (Lipinski definition) is 1. The third-order valence-corrected chi connectivity index (χ3v) is 4.30. The Hall–Kier alpha value is -0.820. The molecular formula is C17H27N. The molecular weight excluding hydrogens is 218 g/mol. The fourth-order valence-electron chi connectivity index (χ4n) is 3.15. The maximum absolute atomic E-state index is 5.60. The van der Waals surface area contributed by atoms with Crippen LogP contribution in [0.4, 0.5) is 0 Å². The Balaban J connectivity index is 1.92. The van der Waals surface area contributed by atoms with Crippen molar-refractivity contribution >= 4 is 0 Å². The van der Waals surface area contributed by atoms with Crippen molar-refractivity contribution in [1.82, 2.24) is 0 Å². The summed E-state index contributed by atoms with van der Waals surface area (Å²) in [6.07, 6.45) is 9.35. The van der Waals surface area contributed by atoms with Crippen molar-refractivity contribution in [2.45, 2.75) is 57.8 Å². The van der Waals surface area contributed by atoms with E-state index in [-0.39, 0.29) is 0 Å². The van der Waals surface area contributed by atoms with Crippen LogP contribution in [0.3, 0.4) is 0 Å². The second-order valence-corrected chi connectivity index (χ2v) is 5.96. The second kappa shape index (κ2) is 6.94. The minimum Gasteiger partial charge on any atom is -0.330 e. The molecule has 2 rings (SSSR count). The van der Waals surface area contributed by atoms with E-state index in [1.165, 1.54) is 44.1 Å². The molecule has 0 saturated heterocycles. The Morgan fingerprint density at radius 2 is 1.78 bits per heavy atom. The molecule has 0 radical (unpaired) electrons. The highest BCUT2D eigenvalue weighted by molar-refractivity contribution is 5.26. The van der Waals surface area contributed by atoms with Crippen molar-refractivity contribution in [3.05, 3.63) is 35.4 Å². The number of benzene rings is 1. The summed E-state index contributed by atoms with van der Waals surface area (Å²) in [7, 11) is 0. The van der Waals surface area contributed by atoms with Crippen LogP contribution in [0.25, 0.3) is 0 Å². The van der Waals surface area contributed by atoms with Crippen LogP contribution in [0, 0.1) is 5.92 Å². The summed E-state index contributed by atoms with van der Waals surface area (Å²) in [4.78, 5) is 0. The van der Waals surface area contributed by atoms with E-state index in [9.17, 15) is 0 Å². The van der Waals surface area contributed by atoms with Gasteiger partial charge in [0.05, 0.1) is 0 Å². The van der Waals surface area contributed by atoms with Gasteiger partial charge in [0.15, 0.2) is 0 Å². The molecule has 0 spiro atoms. The Morgan fingerprint density at radius 1 is 1.11 bits per heavy atom. The summed E-state index contributed by atoms with van der Waals surface area (Å²) in [6, 6.07) is 9.38. The molecule has 2 N–H and O–H groups in total. The van der Waals surface area contributed by atoms with Crippen molar-refractivity contribution in [1.29, 1.82) is 0 Å². The van der Waals surface area contributed by atoms with Gasteiger partial charge in [0, 0.05) is 0 Å². The van der Waals surface area contributed by atoms with Gasteiger partial charge in [-0.1, -0.05) is 50.5 Å². The van der Waals surface area contributed by atoms with E-state index in [2.05, 4.69) is 31.2 Å². The molecule has 100 valence electrons. The Labute approximate surface area is 112 Å². The van der Waals surface area contributed by atoms with Crippen LogP contribution in [-0.2, 0) is 6.42 Å². The molecule has 1 aromatic carbocycles. The van der Waals surface area contributed by atoms with E-state index in [1.54, 1.807) is 5.56 Å². The lowest BCUT2D eigenvalue weighted by Crippen LogP contribution is -2.08. The van der Waals surface area contributed by atoms with Crippen molar-refractivity contribution in [2.75, 3.05) is 6.54 Å². The summed E-state index contributed by atoms with van der Waals surface area (Å²) in [5.74, 6) is 1.53. The summed E-state index contributed by atoms with van der Waals surface area (Å²) < 4.78 is 0. The lowest BCUT2D eigenvalue weighted by atomic mass is 9.83. The van der Waals surface area contributed by atoms with Gasteiger partial charge in [-0.2, -0.15) is 0 Å². The van der Waals surface area contributed by atoms with Gasteiger partial charge in [0.2, 0.25) is 0 Å². The molecule has 1 saturated carbocycles. The molecule has 18 heavy (non-hydrogen) atoms. The predicted octanol–water partition coefficient (Wildman–Crippen LogP) is 4.26. The van der Waals surface area contributed by atoms with Crippen LogP contribution in [0.15, 0.2) is 24.3 Å². The maximum Gasteiger partial charge on any atom is -0.00746 e. The van der Waals surface area contributed by atoms with Crippen LogP contribution < -0.4 is 5.73 Å². The molecule has 1 heteroatoms. The van der Waals surface area contributed by atoms with Crippen molar-refractivity contribution in [3.63, 3.8) is 0 Å². The zero-order valence-electron chi connectivity index (χ0n) is 11.7. The first-order valence-corrected chi connectivity index (χ1v) is 7.58. The van der Waals surface area contributed by atoms with Crippen molar-refractivity contribution < 1.29 is 0 Å². The molecule has 1 aliphatic rings. The largest absolute Gasteiger partial charge is 0.330 e. The number of hydrogen-bond donors (Lipinski definition) is 1. The summed E-state index contributed by atoms with van der Waals surface area (Å²) in [5.41, 5.74) is 8.63. The van der Waals surface area contributed by atoms with E-state index in [4.69, 9.17) is 5.73 Å². The maximum atomic E-state index is 5.60. The summed E-state index contributed by atoms with van der Waals surface area (Å²) in [5, 5.41) is 0. The predicted molar refractivity (Wildman–Crippen MR) is 78.8 cm³/mol. The fourth-order valence-corrected chi connectivity index (χ4v) is 3.15. The van der Waals surface area contributed by atoms with Gasteiger partial charge in [0.1, 0.15) is 0 Å². The topological polar surface area (TPSA) is 26.0 Å². The molecule has 0 heterocycles. The monoisotopic (exact) mass is 245 g/mol. The standard InChI is InChI=1S/C17H27N/c1-14(11-12-18)13-15-7-9-17(10-8-15)16-5-3-2-4-6-16/h7-10,14,16H,2-6,11-13,18H2,1H3. The average molecular weight is 245 g/mol. The molecule has 0 aromatic heterocycles. The zero-order valence-corrected chi connectivity index (χ0v) is 11.7. The lowest BCUT2D eigenvalue weighted by molar-refractivity contribution is 0.443. The molecule has 0 aliphatic heterocycles. The van der Waals surface area contributed by atoms with Crippen molar-refractivity contribution in [2.24, 2.45) is 11.7 Å². The van der Waals surface area contributed by atoms with Gasteiger partial charge in [0.25, 0.3) is 0 Å². The molecule has 1 aliphatic carbocycles. The summed E-state index contributed by atoms with van der Waals surface area (Å²) >= 11 is 0. The Kier molecular flexibility index (Phi) is 5.25. The van der Waals surface area contributed by atoms with E-state index >= 15 is 0 Å². The molecule has 1 fully saturated rings. The minimum atomic E-state index is 0.704. The number of nitrogens with two attached hydrogens (primary N) is 1. The molecule has 1 nitrogen and oxygen atoms in total. The first-order valence-electron chi connectivity index (χ1n) is 7.58. The van der Waals surface area contributed by atoms with Crippen LogP contribution in [0.5, 0.6) is 0 Å². The van der Waals surface area contributed by atoms with Crippen molar-refractivity contribution in [3.8, 4) is 0 Å². The van der Waals surface area contributed by atoms with E-state index in [0.29, 0.717) is 5.92 Å². The average Bonchev–Trinajstić information content (AvgIpc) is 2.41. The highest BCUT2D eigenvalue weighted by Crippen LogP contribution is 2.32. The normalized spacial score (nSPS) is 18.8. The van der Waals surface area contributed by atoms with Gasteiger partial charge in [-0.3, -0.25) is 0 Å². The molecule has 1 atom stereocenters. The molecule has 1 unspecified atom stereocenters. The third kappa shape index (κ3) is 3.84. The number of rotatable bonds is 5. The Bertz CT molecular complexity index is 335. The van der Waals surface area contributed by atoms with E-state index < -0.39 is 0 Å². The van der Waals surface area contributed by atoms with E-state index in [1.807, 2.05) is 0 Å². The van der Waals surface area contributed by atoms with Gasteiger partial charge in [-0.25, -0.2) is 0 Å². The van der Waals surface area contributed by atoms with Crippen LogP contribution in [-0.4, -0.2) is 6.54 Å². The first-order chi connectivity index (χ1) is 8.79. The highest BCUT2D eigenvalue weighted by Gasteiger charge is 2.15. The lowest BCUT2D eigenvalue weighted by Gasteiger charge is -2.22. The molecule has 0 bridgehead atoms. The van der Waals surface area contributed by atoms with Crippen LogP contribution in [0.1, 0.15) is 62.5 Å². The molecule has 0 amide bonds. The van der Waals surface area contributed by atoms with E-state index in [0.717, 1.165) is 18.9 Å². The Morgan fingerprint density at radius 3 is 2.39 bits per heavy atom. The van der Waals surface area contributed by atoms with Gasteiger partial charge in [-0.05, 0) is 55.2 Å². The van der Waals surface area contributed by atoms with Gasteiger partial charge >= 0.3 is 0 Å². The van der Waals surface area contributed by atoms with Gasteiger partial charge in [-0.15, -0.1) is 0 Å². The van der Waals surface area contributed by atoms with Crippen LogP contribution in [0.2, 0.25) is 0 Å². The smallest absolute Gasteiger partial charge is 0.00746 e. The minimum absolute atomic E-state index is 0.704. The van der Waals surface area contributed by atoms with Crippen LogP contribution >= 0.6 is 0 Å². The first kappa shape index (κ1) is 13.6. The zero-order chi connectivity index (χ0) is 12.8. The third-order valence-electron chi connectivity index (χ3n) is 4.30. The molecule has 1 aromatic rings. The fraction of sp³-hybridized carbons (Fsp3) is 0.647. The second-order valence-electron chi connectivity index (χ2n) is 5.96. The SMILES string of the molecule is CC(CCN)Cc1ccc(C2CCCCC2)cc1.